The van der Waals surface area contributed by atoms with E-state index in [4.69, 9.17) is 28.9 Å². The summed E-state index contributed by atoms with van der Waals surface area (Å²) in [7, 11) is 0. The Kier molecular flexibility index (Phi) is 3.75. The molecule has 18 heavy (non-hydrogen) atoms. The summed E-state index contributed by atoms with van der Waals surface area (Å²) < 4.78 is 0. The van der Waals surface area contributed by atoms with Crippen LogP contribution in [0.3, 0.4) is 0 Å². The van der Waals surface area contributed by atoms with Gasteiger partial charge in [0, 0.05) is 21.4 Å². The molecule has 2 aromatic rings. The van der Waals surface area contributed by atoms with Gasteiger partial charge in [0.15, 0.2) is 0 Å². The summed E-state index contributed by atoms with van der Waals surface area (Å²) >= 11 is 11.7. The highest BCUT2D eigenvalue weighted by atomic mass is 35.5. The zero-order chi connectivity index (χ0) is 13.1. The molecule has 0 saturated carbocycles. The molecule has 5 heteroatoms. The molecule has 0 aromatic heterocycles. The van der Waals surface area contributed by atoms with Gasteiger partial charge < -0.3 is 11.1 Å². The molecule has 1 amide bonds. The molecular weight excluding hydrogens is 271 g/mol. The average molecular weight is 281 g/mol. The van der Waals surface area contributed by atoms with Crippen LogP contribution in [0.4, 0.5) is 11.4 Å². The quantitative estimate of drug-likeness (QED) is 0.822. The zero-order valence-electron chi connectivity index (χ0n) is 9.28. The smallest absolute Gasteiger partial charge is 0.257 e. The molecule has 0 saturated heterocycles. The van der Waals surface area contributed by atoms with Gasteiger partial charge >= 0.3 is 0 Å². The number of benzene rings is 2. The summed E-state index contributed by atoms with van der Waals surface area (Å²) in [4.78, 5) is 12.0. The van der Waals surface area contributed by atoms with Gasteiger partial charge in [-0.05, 0) is 36.4 Å². The van der Waals surface area contributed by atoms with Gasteiger partial charge in [0.25, 0.3) is 5.91 Å². The monoisotopic (exact) mass is 280 g/mol. The van der Waals surface area contributed by atoms with E-state index in [9.17, 15) is 4.79 Å². The van der Waals surface area contributed by atoms with E-state index in [1.165, 1.54) is 6.07 Å². The fourth-order valence-electron chi connectivity index (χ4n) is 1.49. The second-order valence-corrected chi connectivity index (χ2v) is 4.57. The predicted octanol–water partition coefficient (Wildman–Crippen LogP) is 3.83. The Morgan fingerprint density at radius 2 is 1.78 bits per heavy atom. The van der Waals surface area contributed by atoms with Crippen molar-refractivity contribution in [2.45, 2.75) is 0 Å². The van der Waals surface area contributed by atoms with Crippen LogP contribution in [0.1, 0.15) is 10.4 Å². The lowest BCUT2D eigenvalue weighted by molar-refractivity contribution is 0.102. The Balaban J connectivity index is 2.24. The number of hydrogen-bond donors (Lipinski definition) is 2. The first-order valence-electron chi connectivity index (χ1n) is 5.18. The highest BCUT2D eigenvalue weighted by Gasteiger charge is 2.10. The van der Waals surface area contributed by atoms with E-state index in [1.54, 1.807) is 36.4 Å². The van der Waals surface area contributed by atoms with Crippen molar-refractivity contribution in [2.75, 3.05) is 11.1 Å². The van der Waals surface area contributed by atoms with Crippen LogP contribution in [-0.4, -0.2) is 5.91 Å². The van der Waals surface area contributed by atoms with Crippen LogP contribution in [0.5, 0.6) is 0 Å². The molecule has 2 aromatic carbocycles. The molecule has 0 aliphatic rings. The molecule has 0 radical (unpaired) electrons. The van der Waals surface area contributed by atoms with Crippen LogP contribution < -0.4 is 11.1 Å². The third kappa shape index (κ3) is 2.94. The summed E-state index contributed by atoms with van der Waals surface area (Å²) in [5.74, 6) is -0.322. The summed E-state index contributed by atoms with van der Waals surface area (Å²) in [5.41, 5.74) is 7.04. The second-order valence-electron chi connectivity index (χ2n) is 3.70. The number of nitrogen functional groups attached to an aromatic ring is 1. The number of carbonyl (C=O) groups is 1. The Hall–Kier alpha value is -1.71. The van der Waals surface area contributed by atoms with Crippen molar-refractivity contribution in [1.29, 1.82) is 0 Å². The molecule has 3 nitrogen and oxygen atoms in total. The highest BCUT2D eigenvalue weighted by Crippen LogP contribution is 2.20. The average Bonchev–Trinajstić information content (AvgIpc) is 2.32. The minimum absolute atomic E-state index is 0.322. The van der Waals surface area contributed by atoms with Gasteiger partial charge in [-0.2, -0.15) is 0 Å². The minimum Gasteiger partial charge on any atom is -0.398 e. The molecule has 0 heterocycles. The lowest BCUT2D eigenvalue weighted by atomic mass is 10.1. The first kappa shape index (κ1) is 12.7. The molecule has 0 aliphatic carbocycles. The largest absolute Gasteiger partial charge is 0.398 e. The highest BCUT2D eigenvalue weighted by molar-refractivity contribution is 6.31. The van der Waals surface area contributed by atoms with Crippen molar-refractivity contribution in [3.05, 3.63) is 58.1 Å². The zero-order valence-corrected chi connectivity index (χ0v) is 10.8. The third-order valence-corrected chi connectivity index (χ3v) is 2.81. The summed E-state index contributed by atoms with van der Waals surface area (Å²) in [6, 6.07) is 11.6. The number of nitrogens with two attached hydrogens (primary N) is 1. The Morgan fingerprint density at radius 1 is 1.06 bits per heavy atom. The SMILES string of the molecule is Nc1ccc(Cl)cc1C(=O)Nc1cccc(Cl)c1. The predicted molar refractivity (Wildman–Crippen MR) is 75.3 cm³/mol. The van der Waals surface area contributed by atoms with Crippen molar-refractivity contribution >= 4 is 40.5 Å². The first-order chi connectivity index (χ1) is 8.56. The fraction of sp³-hybridized carbons (Fsp3) is 0. The van der Waals surface area contributed by atoms with Gasteiger partial charge in [-0.25, -0.2) is 0 Å². The molecule has 0 bridgehead atoms. The van der Waals surface area contributed by atoms with Crippen molar-refractivity contribution in [3.63, 3.8) is 0 Å². The topological polar surface area (TPSA) is 55.1 Å². The number of hydrogen-bond acceptors (Lipinski definition) is 2. The summed E-state index contributed by atoms with van der Waals surface area (Å²) in [6.45, 7) is 0. The van der Waals surface area contributed by atoms with Crippen molar-refractivity contribution < 1.29 is 4.79 Å². The Labute approximate surface area is 115 Å². The lowest BCUT2D eigenvalue weighted by Crippen LogP contribution is -2.13. The number of rotatable bonds is 2. The minimum atomic E-state index is -0.322. The lowest BCUT2D eigenvalue weighted by Gasteiger charge is -2.08. The van der Waals surface area contributed by atoms with E-state index in [1.807, 2.05) is 0 Å². The number of anilines is 2. The van der Waals surface area contributed by atoms with Gasteiger partial charge in [0.05, 0.1) is 5.56 Å². The second kappa shape index (κ2) is 5.29. The molecule has 0 spiro atoms. The summed E-state index contributed by atoms with van der Waals surface area (Å²) in [6.07, 6.45) is 0. The molecule has 92 valence electrons. The van der Waals surface area contributed by atoms with Crippen molar-refractivity contribution in [3.8, 4) is 0 Å². The van der Waals surface area contributed by atoms with E-state index in [0.29, 0.717) is 27.0 Å². The molecule has 0 fully saturated rings. The third-order valence-electron chi connectivity index (χ3n) is 2.34. The van der Waals surface area contributed by atoms with Gasteiger partial charge in [0.2, 0.25) is 0 Å². The van der Waals surface area contributed by atoms with Crippen LogP contribution in [0.15, 0.2) is 42.5 Å². The van der Waals surface area contributed by atoms with Crippen LogP contribution in [0.2, 0.25) is 10.0 Å². The van der Waals surface area contributed by atoms with E-state index in [2.05, 4.69) is 5.32 Å². The number of halogens is 2. The maximum atomic E-state index is 12.0. The van der Waals surface area contributed by atoms with Gasteiger partial charge in [0.1, 0.15) is 0 Å². The number of nitrogens with one attached hydrogen (secondary N) is 1. The normalized spacial score (nSPS) is 10.1. The van der Waals surface area contributed by atoms with E-state index >= 15 is 0 Å². The maximum Gasteiger partial charge on any atom is 0.257 e. The maximum absolute atomic E-state index is 12.0. The summed E-state index contributed by atoms with van der Waals surface area (Å²) in [5, 5.41) is 3.71. The standard InChI is InChI=1S/C13H10Cl2N2O/c14-8-2-1-3-10(6-8)17-13(18)11-7-9(15)4-5-12(11)16/h1-7H,16H2,(H,17,18). The van der Waals surface area contributed by atoms with E-state index < -0.39 is 0 Å². The van der Waals surface area contributed by atoms with E-state index in [0.717, 1.165) is 0 Å². The molecule has 3 N–H and O–H groups in total. The molecule has 2 rings (SSSR count). The van der Waals surface area contributed by atoms with Gasteiger partial charge in [-0.15, -0.1) is 0 Å². The Bertz CT molecular complexity index is 599. The molecule has 0 aliphatic heterocycles. The van der Waals surface area contributed by atoms with Crippen molar-refractivity contribution in [1.82, 2.24) is 0 Å². The molecular formula is C13H10Cl2N2O. The molecule has 0 unspecified atom stereocenters. The molecule has 0 atom stereocenters. The van der Waals surface area contributed by atoms with Crippen LogP contribution in [0.25, 0.3) is 0 Å². The van der Waals surface area contributed by atoms with Crippen molar-refractivity contribution in [2.24, 2.45) is 0 Å². The fourth-order valence-corrected chi connectivity index (χ4v) is 1.85. The van der Waals surface area contributed by atoms with Crippen LogP contribution in [-0.2, 0) is 0 Å². The van der Waals surface area contributed by atoms with E-state index in [-0.39, 0.29) is 5.91 Å². The first-order valence-corrected chi connectivity index (χ1v) is 5.94. The number of amides is 1. The van der Waals surface area contributed by atoms with Crippen LogP contribution in [0, 0.1) is 0 Å². The Morgan fingerprint density at radius 3 is 2.50 bits per heavy atom. The van der Waals surface area contributed by atoms with Gasteiger partial charge in [-0.1, -0.05) is 29.3 Å². The van der Waals surface area contributed by atoms with Crippen LogP contribution >= 0.6 is 23.2 Å². The van der Waals surface area contributed by atoms with Gasteiger partial charge in [-0.3, -0.25) is 4.79 Å². The number of carbonyl (C=O) groups excluding carboxylic acids is 1.